The summed E-state index contributed by atoms with van der Waals surface area (Å²) >= 11 is 2.12. The summed E-state index contributed by atoms with van der Waals surface area (Å²) in [5, 5.41) is 4.26. The van der Waals surface area contributed by atoms with E-state index in [0.717, 1.165) is 37.4 Å². The fourth-order valence-corrected chi connectivity index (χ4v) is 4.57. The molecule has 2 fully saturated rings. The second-order valence-electron chi connectivity index (χ2n) is 6.93. The Hall–Kier alpha value is -0.460. The highest BCUT2D eigenvalue weighted by Crippen LogP contribution is 2.21. The summed E-state index contributed by atoms with van der Waals surface area (Å²) in [5.74, 6) is 2.36. The highest BCUT2D eigenvalue weighted by atomic mass is 32.2. The van der Waals surface area contributed by atoms with Crippen molar-refractivity contribution in [2.75, 3.05) is 71.7 Å². The van der Waals surface area contributed by atoms with Crippen LogP contribution < -0.4 is 5.32 Å². The number of guanidine groups is 1. The lowest BCUT2D eigenvalue weighted by atomic mass is 10.3. The van der Waals surface area contributed by atoms with Gasteiger partial charge in [0.25, 0.3) is 0 Å². The van der Waals surface area contributed by atoms with Gasteiger partial charge in [0.1, 0.15) is 0 Å². The second kappa shape index (κ2) is 11.2. The van der Waals surface area contributed by atoms with Crippen LogP contribution in [0.2, 0.25) is 0 Å². The smallest absolute Gasteiger partial charge is 0.193 e. The lowest BCUT2D eigenvalue weighted by Crippen LogP contribution is -2.48. The van der Waals surface area contributed by atoms with Gasteiger partial charge in [0.15, 0.2) is 5.96 Å². The van der Waals surface area contributed by atoms with Gasteiger partial charge in [-0.25, -0.2) is 0 Å². The van der Waals surface area contributed by atoms with Crippen molar-refractivity contribution in [1.29, 1.82) is 0 Å². The van der Waals surface area contributed by atoms with Crippen LogP contribution in [-0.2, 0) is 0 Å². The first-order valence-corrected chi connectivity index (χ1v) is 10.8. The molecule has 0 radical (unpaired) electrons. The molecule has 0 aromatic heterocycles. The average Bonchev–Trinajstić information content (AvgIpc) is 2.82. The minimum Gasteiger partial charge on any atom is -0.357 e. The summed E-state index contributed by atoms with van der Waals surface area (Å²) in [4.78, 5) is 12.4. The summed E-state index contributed by atoms with van der Waals surface area (Å²) in [7, 11) is 2.23. The Bertz CT molecular complexity index is 376. The zero-order valence-corrected chi connectivity index (χ0v) is 16.8. The van der Waals surface area contributed by atoms with E-state index in [1.807, 2.05) is 0 Å². The predicted octanol–water partition coefficient (Wildman–Crippen LogP) is 1.81. The SMILES string of the molecule is CCNC(=NCCCN1CCCN(C)CC1)N1CCSC(CC)C1. The zero-order chi connectivity index (χ0) is 17.2. The molecule has 2 rings (SSSR count). The molecule has 2 saturated heterocycles. The van der Waals surface area contributed by atoms with Crippen molar-refractivity contribution < 1.29 is 0 Å². The van der Waals surface area contributed by atoms with Crippen LogP contribution in [0.15, 0.2) is 4.99 Å². The van der Waals surface area contributed by atoms with Crippen LogP contribution in [0, 0.1) is 0 Å². The molecule has 1 unspecified atom stereocenters. The summed E-state index contributed by atoms with van der Waals surface area (Å²) in [6.07, 6.45) is 3.72. The third-order valence-corrected chi connectivity index (χ3v) is 6.31. The van der Waals surface area contributed by atoms with Crippen molar-refractivity contribution in [3.63, 3.8) is 0 Å². The van der Waals surface area contributed by atoms with Gasteiger partial charge in [0, 0.05) is 50.3 Å². The van der Waals surface area contributed by atoms with E-state index >= 15 is 0 Å². The first-order valence-electron chi connectivity index (χ1n) is 9.78. The number of rotatable bonds is 6. The molecule has 0 bridgehead atoms. The van der Waals surface area contributed by atoms with Gasteiger partial charge >= 0.3 is 0 Å². The van der Waals surface area contributed by atoms with Gasteiger partial charge in [0.05, 0.1) is 0 Å². The maximum Gasteiger partial charge on any atom is 0.193 e. The Morgan fingerprint density at radius 1 is 1.17 bits per heavy atom. The molecule has 2 heterocycles. The number of hydrogen-bond donors (Lipinski definition) is 1. The Morgan fingerprint density at radius 2 is 2.04 bits per heavy atom. The molecule has 0 aliphatic carbocycles. The van der Waals surface area contributed by atoms with E-state index in [4.69, 9.17) is 4.99 Å². The van der Waals surface area contributed by atoms with Crippen LogP contribution in [-0.4, -0.2) is 97.6 Å². The van der Waals surface area contributed by atoms with E-state index in [0.29, 0.717) is 0 Å². The maximum atomic E-state index is 4.91. The molecule has 0 aromatic rings. The molecule has 1 atom stereocenters. The van der Waals surface area contributed by atoms with Gasteiger partial charge in [-0.3, -0.25) is 4.99 Å². The van der Waals surface area contributed by atoms with Crippen LogP contribution in [0.5, 0.6) is 0 Å². The Balaban J connectivity index is 1.76. The molecular formula is C18H37N5S. The van der Waals surface area contributed by atoms with Crippen molar-refractivity contribution in [3.05, 3.63) is 0 Å². The number of nitrogens with zero attached hydrogens (tertiary/aromatic N) is 4. The van der Waals surface area contributed by atoms with Crippen LogP contribution in [0.25, 0.3) is 0 Å². The molecule has 2 aliphatic rings. The van der Waals surface area contributed by atoms with Crippen LogP contribution in [0.3, 0.4) is 0 Å². The highest BCUT2D eigenvalue weighted by Gasteiger charge is 2.21. The van der Waals surface area contributed by atoms with E-state index in [-0.39, 0.29) is 0 Å². The average molecular weight is 356 g/mol. The molecule has 0 saturated carbocycles. The first-order chi connectivity index (χ1) is 11.7. The van der Waals surface area contributed by atoms with E-state index in [2.05, 4.69) is 52.7 Å². The molecule has 6 heteroatoms. The van der Waals surface area contributed by atoms with Crippen LogP contribution >= 0.6 is 11.8 Å². The zero-order valence-electron chi connectivity index (χ0n) is 16.0. The van der Waals surface area contributed by atoms with Crippen molar-refractivity contribution in [3.8, 4) is 0 Å². The second-order valence-corrected chi connectivity index (χ2v) is 8.34. The van der Waals surface area contributed by atoms with Gasteiger partial charge < -0.3 is 20.0 Å². The molecule has 24 heavy (non-hydrogen) atoms. The van der Waals surface area contributed by atoms with Gasteiger partial charge in [0.2, 0.25) is 0 Å². The third kappa shape index (κ3) is 6.81. The molecule has 140 valence electrons. The minimum absolute atomic E-state index is 0.761. The molecule has 1 N–H and O–H groups in total. The Labute approximate surface area is 153 Å². The van der Waals surface area contributed by atoms with E-state index in [1.54, 1.807) is 0 Å². The third-order valence-electron chi connectivity index (χ3n) is 4.93. The topological polar surface area (TPSA) is 34.1 Å². The summed E-state index contributed by atoms with van der Waals surface area (Å²) in [6, 6.07) is 0. The van der Waals surface area contributed by atoms with Crippen LogP contribution in [0.4, 0.5) is 0 Å². The first kappa shape index (κ1) is 19.9. The number of nitrogens with one attached hydrogen (secondary N) is 1. The molecule has 0 amide bonds. The normalized spacial score (nSPS) is 24.9. The number of likely N-dealkylation sites (N-methyl/N-ethyl adjacent to an activating group) is 1. The van der Waals surface area contributed by atoms with E-state index in [1.165, 1.54) is 57.7 Å². The van der Waals surface area contributed by atoms with E-state index in [9.17, 15) is 0 Å². The fraction of sp³-hybridized carbons (Fsp3) is 0.944. The number of aliphatic imine (C=N–C) groups is 1. The number of thioether (sulfide) groups is 1. The summed E-state index contributed by atoms with van der Waals surface area (Å²) < 4.78 is 0. The van der Waals surface area contributed by atoms with Crippen molar-refractivity contribution >= 4 is 17.7 Å². The maximum absolute atomic E-state index is 4.91. The molecule has 2 aliphatic heterocycles. The molecular weight excluding hydrogens is 318 g/mol. The van der Waals surface area contributed by atoms with Crippen LogP contribution in [0.1, 0.15) is 33.1 Å². The fourth-order valence-electron chi connectivity index (χ4n) is 3.39. The van der Waals surface area contributed by atoms with Crippen molar-refractivity contribution in [2.45, 2.75) is 38.4 Å². The Kier molecular flexibility index (Phi) is 9.28. The largest absolute Gasteiger partial charge is 0.357 e. The van der Waals surface area contributed by atoms with Gasteiger partial charge in [-0.05, 0) is 52.9 Å². The lowest BCUT2D eigenvalue weighted by Gasteiger charge is -2.34. The molecule has 0 spiro atoms. The monoisotopic (exact) mass is 355 g/mol. The number of hydrogen-bond acceptors (Lipinski definition) is 4. The van der Waals surface area contributed by atoms with Gasteiger partial charge in [-0.1, -0.05) is 6.92 Å². The van der Waals surface area contributed by atoms with Gasteiger partial charge in [-0.15, -0.1) is 0 Å². The van der Waals surface area contributed by atoms with E-state index < -0.39 is 0 Å². The summed E-state index contributed by atoms with van der Waals surface area (Å²) in [5.41, 5.74) is 0. The molecule has 0 aromatic carbocycles. The van der Waals surface area contributed by atoms with Crippen molar-refractivity contribution in [2.24, 2.45) is 4.99 Å². The molecule has 5 nitrogen and oxygen atoms in total. The quantitative estimate of drug-likeness (QED) is 0.446. The Morgan fingerprint density at radius 3 is 2.83 bits per heavy atom. The predicted molar refractivity (Wildman–Crippen MR) is 107 cm³/mol. The van der Waals surface area contributed by atoms with Crippen molar-refractivity contribution in [1.82, 2.24) is 20.0 Å². The van der Waals surface area contributed by atoms with Gasteiger partial charge in [-0.2, -0.15) is 11.8 Å². The minimum atomic E-state index is 0.761. The highest BCUT2D eigenvalue weighted by molar-refractivity contribution is 8.00. The summed E-state index contributed by atoms with van der Waals surface area (Å²) in [6.45, 7) is 14.7. The standard InChI is InChI=1S/C18H37N5S/c1-4-17-16-23(14-15-24-17)18(19-5-2)20-8-6-10-22-11-7-9-21(3)12-13-22/h17H,4-16H2,1-3H3,(H,19,20). The lowest BCUT2D eigenvalue weighted by molar-refractivity contribution is 0.275.